The normalized spacial score (nSPS) is 10.3. The molecule has 0 saturated carbocycles. The highest BCUT2D eigenvalue weighted by molar-refractivity contribution is 9.10. The topological polar surface area (TPSA) is 45.9 Å². The van der Waals surface area contributed by atoms with Crippen molar-refractivity contribution in [3.05, 3.63) is 70.2 Å². The molecule has 0 radical (unpaired) electrons. The molecule has 0 spiro atoms. The van der Waals surface area contributed by atoms with E-state index in [4.69, 9.17) is 4.74 Å². The van der Waals surface area contributed by atoms with E-state index in [2.05, 4.69) is 27.0 Å². The van der Waals surface area contributed by atoms with Gasteiger partial charge in [0.15, 0.2) is 0 Å². The van der Waals surface area contributed by atoms with E-state index in [1.54, 1.807) is 6.07 Å². The first-order chi connectivity index (χ1) is 10.3. The fraction of sp³-hybridized carbons (Fsp3) is 0.0588. The molecule has 0 N–H and O–H groups in total. The summed E-state index contributed by atoms with van der Waals surface area (Å²) < 4.78 is 6.72. The van der Waals surface area contributed by atoms with Crippen LogP contribution in [0.15, 0.2) is 59.1 Å². The molecule has 0 aliphatic heterocycles. The molecule has 0 atom stereocenters. The van der Waals surface area contributed by atoms with Crippen LogP contribution in [-0.4, -0.2) is 4.98 Å². The van der Waals surface area contributed by atoms with Crippen molar-refractivity contribution in [3.8, 4) is 11.9 Å². The van der Waals surface area contributed by atoms with Gasteiger partial charge in [-0.3, -0.25) is 0 Å². The Balaban J connectivity index is 1.91. The first kappa shape index (κ1) is 13.6. The molecule has 1 heterocycles. The number of aromatic nitrogens is 1. The summed E-state index contributed by atoms with van der Waals surface area (Å²) in [6.07, 6.45) is 0. The Bertz CT molecular complexity index is 840. The summed E-state index contributed by atoms with van der Waals surface area (Å²) >= 11 is 3.43. The summed E-state index contributed by atoms with van der Waals surface area (Å²) in [5.41, 5.74) is 2.28. The predicted molar refractivity (Wildman–Crippen MR) is 84.9 cm³/mol. The number of pyridine rings is 1. The molecule has 0 fully saturated rings. The van der Waals surface area contributed by atoms with Gasteiger partial charge in [-0.15, -0.1) is 0 Å². The summed E-state index contributed by atoms with van der Waals surface area (Å²) in [6, 6.07) is 19.5. The van der Waals surface area contributed by atoms with Gasteiger partial charge in [0.25, 0.3) is 0 Å². The monoisotopic (exact) mass is 338 g/mol. The van der Waals surface area contributed by atoms with Crippen LogP contribution in [0.3, 0.4) is 0 Å². The van der Waals surface area contributed by atoms with Crippen molar-refractivity contribution in [1.82, 2.24) is 4.98 Å². The molecule has 2 aromatic carbocycles. The van der Waals surface area contributed by atoms with Crippen molar-refractivity contribution >= 4 is 26.8 Å². The van der Waals surface area contributed by atoms with Gasteiger partial charge in [0.2, 0.25) is 5.88 Å². The van der Waals surface area contributed by atoms with Gasteiger partial charge in [-0.1, -0.05) is 46.3 Å². The number of para-hydroxylation sites is 1. The summed E-state index contributed by atoms with van der Waals surface area (Å²) in [7, 11) is 0. The third kappa shape index (κ3) is 3.04. The van der Waals surface area contributed by atoms with Crippen LogP contribution in [0, 0.1) is 11.3 Å². The standard InChI is InChI=1S/C17H11BrN2O/c18-15-6-3-4-12(8-15)11-21-17-14(10-19)9-13-5-1-2-7-16(13)20-17/h1-9H,11H2. The Kier molecular flexibility index (Phi) is 3.85. The van der Waals surface area contributed by atoms with Gasteiger partial charge in [0.05, 0.1) is 5.52 Å². The summed E-state index contributed by atoms with van der Waals surface area (Å²) in [4.78, 5) is 4.43. The quantitative estimate of drug-likeness (QED) is 0.708. The van der Waals surface area contributed by atoms with Crippen molar-refractivity contribution in [2.45, 2.75) is 6.61 Å². The molecule has 102 valence electrons. The minimum Gasteiger partial charge on any atom is -0.472 e. The molecule has 0 bridgehead atoms. The van der Waals surface area contributed by atoms with Crippen LogP contribution >= 0.6 is 15.9 Å². The molecule has 3 nitrogen and oxygen atoms in total. The molecule has 4 heteroatoms. The van der Waals surface area contributed by atoms with Gasteiger partial charge in [-0.05, 0) is 29.8 Å². The van der Waals surface area contributed by atoms with E-state index < -0.39 is 0 Å². The minimum atomic E-state index is 0.371. The Hall–Kier alpha value is -2.38. The van der Waals surface area contributed by atoms with Gasteiger partial charge in [0, 0.05) is 9.86 Å². The average molecular weight is 339 g/mol. The van der Waals surface area contributed by atoms with Crippen molar-refractivity contribution < 1.29 is 4.74 Å². The number of rotatable bonds is 3. The third-order valence-corrected chi connectivity index (χ3v) is 3.57. The molecule has 0 unspecified atom stereocenters. The van der Waals surface area contributed by atoms with Crippen LogP contribution in [0.1, 0.15) is 11.1 Å². The molecule has 0 aliphatic rings. The maximum atomic E-state index is 9.24. The SMILES string of the molecule is N#Cc1cc2ccccc2nc1OCc1cccc(Br)c1. The molecule has 0 amide bonds. The highest BCUT2D eigenvalue weighted by Gasteiger charge is 2.08. The number of fused-ring (bicyclic) bond motifs is 1. The Morgan fingerprint density at radius 3 is 2.76 bits per heavy atom. The fourth-order valence-corrected chi connectivity index (χ4v) is 2.51. The molecule has 3 rings (SSSR count). The van der Waals surface area contributed by atoms with Crippen molar-refractivity contribution in [2.24, 2.45) is 0 Å². The second-order valence-corrected chi connectivity index (χ2v) is 5.48. The van der Waals surface area contributed by atoms with Gasteiger partial charge < -0.3 is 4.74 Å². The van der Waals surface area contributed by atoms with E-state index in [-0.39, 0.29) is 0 Å². The van der Waals surface area contributed by atoms with Crippen LogP contribution in [0.4, 0.5) is 0 Å². The maximum Gasteiger partial charge on any atom is 0.232 e. The predicted octanol–water partition coefficient (Wildman–Crippen LogP) is 4.45. The van der Waals surface area contributed by atoms with Gasteiger partial charge >= 0.3 is 0 Å². The lowest BCUT2D eigenvalue weighted by molar-refractivity contribution is 0.294. The first-order valence-corrected chi connectivity index (χ1v) is 7.23. The number of benzene rings is 2. The van der Waals surface area contributed by atoms with E-state index in [1.165, 1.54) is 0 Å². The van der Waals surface area contributed by atoms with Crippen molar-refractivity contribution in [3.63, 3.8) is 0 Å². The smallest absolute Gasteiger partial charge is 0.232 e. The zero-order chi connectivity index (χ0) is 14.7. The van der Waals surface area contributed by atoms with Gasteiger partial charge in [-0.2, -0.15) is 5.26 Å². The van der Waals surface area contributed by atoms with E-state index in [0.29, 0.717) is 18.1 Å². The molecular formula is C17H11BrN2O. The highest BCUT2D eigenvalue weighted by Crippen LogP contribution is 2.22. The zero-order valence-electron chi connectivity index (χ0n) is 11.1. The number of hydrogen-bond donors (Lipinski definition) is 0. The number of ether oxygens (including phenoxy) is 1. The molecule has 0 saturated heterocycles. The van der Waals surface area contributed by atoms with Crippen molar-refractivity contribution in [1.29, 1.82) is 5.26 Å². The van der Waals surface area contributed by atoms with Crippen LogP contribution in [0.2, 0.25) is 0 Å². The Morgan fingerprint density at radius 1 is 1.10 bits per heavy atom. The lowest BCUT2D eigenvalue weighted by atomic mass is 10.1. The minimum absolute atomic E-state index is 0.371. The zero-order valence-corrected chi connectivity index (χ0v) is 12.7. The van der Waals surface area contributed by atoms with E-state index in [0.717, 1.165) is 20.9 Å². The number of halogens is 1. The fourth-order valence-electron chi connectivity index (χ4n) is 2.07. The molecule has 1 aromatic heterocycles. The molecule has 21 heavy (non-hydrogen) atoms. The summed E-state index contributed by atoms with van der Waals surface area (Å²) in [5.74, 6) is 0.371. The van der Waals surface area contributed by atoms with Crippen LogP contribution in [0.25, 0.3) is 10.9 Å². The number of hydrogen-bond acceptors (Lipinski definition) is 3. The summed E-state index contributed by atoms with van der Waals surface area (Å²) in [5, 5.41) is 10.2. The van der Waals surface area contributed by atoms with Gasteiger partial charge in [-0.25, -0.2) is 4.98 Å². The number of nitrogens with zero attached hydrogens (tertiary/aromatic N) is 2. The summed E-state index contributed by atoms with van der Waals surface area (Å²) in [6.45, 7) is 0.374. The second-order valence-electron chi connectivity index (χ2n) is 4.56. The third-order valence-electron chi connectivity index (χ3n) is 3.07. The molecule has 3 aromatic rings. The van der Waals surface area contributed by atoms with Crippen LogP contribution in [-0.2, 0) is 6.61 Å². The number of nitriles is 1. The Labute approximate surface area is 130 Å². The lowest BCUT2D eigenvalue weighted by Gasteiger charge is -2.08. The highest BCUT2D eigenvalue weighted by atomic mass is 79.9. The van der Waals surface area contributed by atoms with Gasteiger partial charge in [0.1, 0.15) is 18.2 Å². The maximum absolute atomic E-state index is 9.24. The Morgan fingerprint density at radius 2 is 1.95 bits per heavy atom. The largest absolute Gasteiger partial charge is 0.472 e. The second kappa shape index (κ2) is 5.94. The van der Waals surface area contributed by atoms with Crippen molar-refractivity contribution in [2.75, 3.05) is 0 Å². The van der Waals surface area contributed by atoms with E-state index in [9.17, 15) is 5.26 Å². The molecular weight excluding hydrogens is 328 g/mol. The first-order valence-electron chi connectivity index (χ1n) is 6.43. The van der Waals surface area contributed by atoms with E-state index in [1.807, 2.05) is 48.5 Å². The van der Waals surface area contributed by atoms with Crippen LogP contribution < -0.4 is 4.74 Å². The van der Waals surface area contributed by atoms with Crippen LogP contribution in [0.5, 0.6) is 5.88 Å². The van der Waals surface area contributed by atoms with E-state index >= 15 is 0 Å². The average Bonchev–Trinajstić information content (AvgIpc) is 2.52. The lowest BCUT2D eigenvalue weighted by Crippen LogP contribution is -2.00. The molecule has 0 aliphatic carbocycles.